The van der Waals surface area contributed by atoms with Crippen LogP contribution in [0.4, 0.5) is 5.82 Å². The van der Waals surface area contributed by atoms with E-state index >= 15 is 0 Å². The van der Waals surface area contributed by atoms with Crippen molar-refractivity contribution in [1.29, 1.82) is 0 Å². The molecule has 0 aliphatic carbocycles. The minimum absolute atomic E-state index is 0.140. The van der Waals surface area contributed by atoms with E-state index in [0.29, 0.717) is 36.3 Å². The molecule has 3 aromatic rings. The summed E-state index contributed by atoms with van der Waals surface area (Å²) in [5.74, 6) is 0.535. The molecule has 23 heavy (non-hydrogen) atoms. The van der Waals surface area contributed by atoms with Crippen LogP contribution in [0.1, 0.15) is 12.0 Å². The average molecular weight is 311 g/mol. The maximum atomic E-state index is 11.9. The van der Waals surface area contributed by atoms with E-state index in [1.165, 1.54) is 6.33 Å². The third-order valence-electron chi connectivity index (χ3n) is 3.54. The predicted octanol–water partition coefficient (Wildman–Crippen LogP) is 1.55. The van der Waals surface area contributed by atoms with Crippen LogP contribution in [0.2, 0.25) is 0 Å². The quantitative estimate of drug-likeness (QED) is 0.742. The van der Waals surface area contributed by atoms with Crippen molar-refractivity contribution in [3.8, 4) is 5.69 Å². The Hall–Kier alpha value is -2.80. The molecule has 3 rings (SSSR count). The molecule has 0 fully saturated rings. The molecule has 0 bridgehead atoms. The number of methoxy groups -OCH3 is 1. The van der Waals surface area contributed by atoms with Gasteiger partial charge in [0, 0.05) is 20.0 Å². The number of nitrogens with zero attached hydrogens (tertiary/aromatic N) is 4. The van der Waals surface area contributed by atoms with E-state index in [1.54, 1.807) is 18.0 Å². The number of anilines is 1. The molecule has 2 aromatic heterocycles. The highest BCUT2D eigenvalue weighted by atomic mass is 16.5. The van der Waals surface area contributed by atoms with Crippen molar-refractivity contribution in [3.63, 3.8) is 0 Å². The van der Waals surface area contributed by atoms with E-state index in [0.717, 1.165) is 11.3 Å². The van der Waals surface area contributed by atoms with Crippen molar-refractivity contribution in [1.82, 2.24) is 19.7 Å². The molecular formula is C16H17N5O2. The summed E-state index contributed by atoms with van der Waals surface area (Å²) in [5, 5.41) is 5.03. The smallest absolute Gasteiger partial charge is 0.168 e. The molecule has 0 aliphatic heterocycles. The van der Waals surface area contributed by atoms with Gasteiger partial charge in [-0.05, 0) is 17.7 Å². The zero-order valence-electron chi connectivity index (χ0n) is 12.8. The van der Waals surface area contributed by atoms with Gasteiger partial charge < -0.3 is 10.5 Å². The lowest BCUT2D eigenvalue weighted by Gasteiger charge is -2.06. The molecule has 1 aromatic carbocycles. The molecule has 118 valence electrons. The Bertz CT molecular complexity index is 843. The summed E-state index contributed by atoms with van der Waals surface area (Å²) in [6.07, 6.45) is 3.83. The van der Waals surface area contributed by atoms with Crippen LogP contribution in [0.25, 0.3) is 16.7 Å². The van der Waals surface area contributed by atoms with E-state index in [-0.39, 0.29) is 5.78 Å². The third kappa shape index (κ3) is 3.19. The van der Waals surface area contributed by atoms with Crippen molar-refractivity contribution in [2.24, 2.45) is 0 Å². The number of nitrogen functional groups attached to an aromatic ring is 1. The van der Waals surface area contributed by atoms with Gasteiger partial charge in [0.2, 0.25) is 0 Å². The maximum Gasteiger partial charge on any atom is 0.168 e. The summed E-state index contributed by atoms with van der Waals surface area (Å²) in [6, 6.07) is 7.65. The van der Waals surface area contributed by atoms with Crippen LogP contribution in [0.5, 0.6) is 0 Å². The number of benzene rings is 1. The van der Waals surface area contributed by atoms with Gasteiger partial charge in [0.15, 0.2) is 5.65 Å². The molecule has 7 nitrogen and oxygen atoms in total. The molecule has 0 radical (unpaired) electrons. The summed E-state index contributed by atoms with van der Waals surface area (Å²) in [5.41, 5.74) is 8.22. The van der Waals surface area contributed by atoms with Gasteiger partial charge in [-0.1, -0.05) is 12.1 Å². The second-order valence-corrected chi connectivity index (χ2v) is 5.18. The minimum atomic E-state index is 0.140. The highest BCUT2D eigenvalue weighted by Crippen LogP contribution is 2.20. The lowest BCUT2D eigenvalue weighted by Crippen LogP contribution is -2.07. The van der Waals surface area contributed by atoms with Crippen LogP contribution in [-0.4, -0.2) is 39.2 Å². The van der Waals surface area contributed by atoms with Crippen molar-refractivity contribution >= 4 is 22.6 Å². The molecule has 2 N–H and O–H groups in total. The SMILES string of the molecule is COCCC(=O)Cc1cccc(-n2ncc3c(N)ncnc32)c1. The number of Topliss-reactive ketones (excluding diaryl/α,β-unsaturated/α-hetero) is 1. The number of hydrogen-bond donors (Lipinski definition) is 1. The normalized spacial score (nSPS) is 11.0. The number of carbonyl (C=O) groups is 1. The Morgan fingerprint density at radius 1 is 1.35 bits per heavy atom. The Balaban J connectivity index is 1.90. The van der Waals surface area contributed by atoms with E-state index in [1.807, 2.05) is 24.3 Å². The molecule has 0 spiro atoms. The Kier molecular flexibility index (Phi) is 4.29. The van der Waals surface area contributed by atoms with Crippen molar-refractivity contribution in [2.75, 3.05) is 19.5 Å². The summed E-state index contributed by atoms with van der Waals surface area (Å²) >= 11 is 0. The number of fused-ring (bicyclic) bond motifs is 1. The number of ether oxygens (including phenoxy) is 1. The second kappa shape index (κ2) is 6.53. The van der Waals surface area contributed by atoms with Gasteiger partial charge in [0.05, 0.1) is 23.9 Å². The fourth-order valence-corrected chi connectivity index (χ4v) is 2.38. The van der Waals surface area contributed by atoms with Crippen molar-refractivity contribution in [3.05, 3.63) is 42.4 Å². The first kappa shape index (κ1) is 15.1. The van der Waals surface area contributed by atoms with Crippen LogP contribution in [0, 0.1) is 0 Å². The van der Waals surface area contributed by atoms with E-state index in [9.17, 15) is 4.79 Å². The maximum absolute atomic E-state index is 11.9. The van der Waals surface area contributed by atoms with E-state index in [2.05, 4.69) is 15.1 Å². The molecule has 0 saturated heterocycles. The Labute approximate surface area is 133 Å². The molecule has 0 saturated carbocycles. The fraction of sp³-hybridized carbons (Fsp3) is 0.250. The average Bonchev–Trinajstić information content (AvgIpc) is 2.99. The van der Waals surface area contributed by atoms with Gasteiger partial charge in [-0.25, -0.2) is 14.6 Å². The third-order valence-corrected chi connectivity index (χ3v) is 3.54. The van der Waals surface area contributed by atoms with Crippen LogP contribution in [0.15, 0.2) is 36.8 Å². The zero-order valence-corrected chi connectivity index (χ0v) is 12.8. The second-order valence-electron chi connectivity index (χ2n) is 5.18. The largest absolute Gasteiger partial charge is 0.384 e. The Morgan fingerprint density at radius 2 is 2.22 bits per heavy atom. The molecule has 0 aliphatic rings. The highest BCUT2D eigenvalue weighted by Gasteiger charge is 2.10. The first-order valence-corrected chi connectivity index (χ1v) is 7.23. The predicted molar refractivity (Wildman–Crippen MR) is 86.3 cm³/mol. The van der Waals surface area contributed by atoms with Crippen LogP contribution >= 0.6 is 0 Å². The molecule has 0 unspecified atom stereocenters. The molecule has 0 amide bonds. The van der Waals surface area contributed by atoms with Gasteiger partial charge in [-0.15, -0.1) is 0 Å². The molecule has 7 heteroatoms. The Morgan fingerprint density at radius 3 is 3.04 bits per heavy atom. The summed E-state index contributed by atoms with van der Waals surface area (Å²) < 4.78 is 6.62. The van der Waals surface area contributed by atoms with E-state index in [4.69, 9.17) is 10.5 Å². The van der Waals surface area contributed by atoms with Crippen LogP contribution < -0.4 is 5.73 Å². The highest BCUT2D eigenvalue weighted by molar-refractivity contribution is 5.86. The molecule has 0 atom stereocenters. The lowest BCUT2D eigenvalue weighted by molar-refractivity contribution is -0.119. The topological polar surface area (TPSA) is 95.9 Å². The summed E-state index contributed by atoms with van der Waals surface area (Å²) in [6.45, 7) is 0.443. The molecule has 2 heterocycles. The van der Waals surface area contributed by atoms with Crippen molar-refractivity contribution < 1.29 is 9.53 Å². The minimum Gasteiger partial charge on any atom is -0.384 e. The monoisotopic (exact) mass is 311 g/mol. The lowest BCUT2D eigenvalue weighted by atomic mass is 10.1. The van der Waals surface area contributed by atoms with Crippen LogP contribution in [-0.2, 0) is 16.0 Å². The molecular weight excluding hydrogens is 294 g/mol. The van der Waals surface area contributed by atoms with Gasteiger partial charge in [-0.2, -0.15) is 5.10 Å². The first-order chi connectivity index (χ1) is 11.2. The summed E-state index contributed by atoms with van der Waals surface area (Å²) in [7, 11) is 1.59. The number of rotatable bonds is 6. The number of ketones is 1. The van der Waals surface area contributed by atoms with Gasteiger partial charge in [0.1, 0.15) is 17.9 Å². The van der Waals surface area contributed by atoms with E-state index < -0.39 is 0 Å². The number of hydrogen-bond acceptors (Lipinski definition) is 6. The fourth-order valence-electron chi connectivity index (χ4n) is 2.38. The number of aromatic nitrogens is 4. The van der Waals surface area contributed by atoms with Crippen molar-refractivity contribution in [2.45, 2.75) is 12.8 Å². The van der Waals surface area contributed by atoms with Gasteiger partial charge in [-0.3, -0.25) is 4.79 Å². The zero-order chi connectivity index (χ0) is 16.2. The van der Waals surface area contributed by atoms with Gasteiger partial charge >= 0.3 is 0 Å². The van der Waals surface area contributed by atoms with Crippen LogP contribution in [0.3, 0.4) is 0 Å². The summed E-state index contributed by atoms with van der Waals surface area (Å²) in [4.78, 5) is 20.1. The number of nitrogens with two attached hydrogens (primary N) is 1. The van der Waals surface area contributed by atoms with Gasteiger partial charge in [0.25, 0.3) is 0 Å². The standard InChI is InChI=1S/C16H17N5O2/c1-23-6-5-13(22)8-11-3-2-4-12(7-11)21-16-14(9-20-21)15(17)18-10-19-16/h2-4,7,9-10H,5-6,8H2,1H3,(H2,17,18,19). The number of carbonyl (C=O) groups excluding carboxylic acids is 1. The first-order valence-electron chi connectivity index (χ1n) is 7.23.